The fourth-order valence-corrected chi connectivity index (χ4v) is 1.56. The maximum atomic E-state index is 12.0. The molecule has 0 heterocycles. The molecule has 0 saturated heterocycles. The predicted molar refractivity (Wildman–Crippen MR) is 79.8 cm³/mol. The van der Waals surface area contributed by atoms with E-state index >= 15 is 0 Å². The van der Waals surface area contributed by atoms with E-state index in [1.165, 1.54) is 6.20 Å². The zero-order valence-corrected chi connectivity index (χ0v) is 12.4. The Morgan fingerprint density at radius 2 is 1.91 bits per heavy atom. The highest BCUT2D eigenvalue weighted by Gasteiger charge is 2.12. The van der Waals surface area contributed by atoms with Gasteiger partial charge in [-0.05, 0) is 12.5 Å². The van der Waals surface area contributed by atoms with E-state index in [-0.39, 0.29) is 26.2 Å². The maximum absolute atomic E-state index is 12.0. The minimum Gasteiger partial charge on any atom is -0.463 e. The number of benzene rings is 1. The Hall–Kier alpha value is -2.63. The molecule has 118 valence electrons. The summed E-state index contributed by atoms with van der Waals surface area (Å²) in [5, 5.41) is 0. The molecular formula is C16H19NO5. The fourth-order valence-electron chi connectivity index (χ4n) is 1.56. The Bertz CT molecular complexity index is 513. The number of hydrogen-bond acceptors (Lipinski definition) is 5. The van der Waals surface area contributed by atoms with E-state index in [2.05, 4.69) is 0 Å². The van der Waals surface area contributed by atoms with Crippen LogP contribution in [0.1, 0.15) is 18.9 Å². The summed E-state index contributed by atoms with van der Waals surface area (Å²) < 4.78 is 9.88. The van der Waals surface area contributed by atoms with Gasteiger partial charge in [0.2, 0.25) is 0 Å². The number of aldehydes is 1. The molecule has 0 fully saturated rings. The van der Waals surface area contributed by atoms with Crippen molar-refractivity contribution >= 4 is 18.3 Å². The van der Waals surface area contributed by atoms with Gasteiger partial charge in [-0.25, -0.2) is 9.59 Å². The second-order valence-electron chi connectivity index (χ2n) is 4.26. The first-order chi connectivity index (χ1) is 10.7. The van der Waals surface area contributed by atoms with Crippen LogP contribution in [0.5, 0.6) is 0 Å². The first-order valence-corrected chi connectivity index (χ1v) is 6.93. The zero-order valence-electron chi connectivity index (χ0n) is 12.4. The lowest BCUT2D eigenvalue weighted by Gasteiger charge is -2.16. The highest BCUT2D eigenvalue weighted by atomic mass is 16.6. The van der Waals surface area contributed by atoms with Crippen molar-refractivity contribution in [3.63, 3.8) is 0 Å². The molecule has 0 spiro atoms. The quantitative estimate of drug-likeness (QED) is 0.418. The van der Waals surface area contributed by atoms with E-state index < -0.39 is 12.1 Å². The van der Waals surface area contributed by atoms with Crippen LogP contribution < -0.4 is 0 Å². The molecule has 0 aliphatic heterocycles. The molecule has 1 aromatic rings. The molecule has 0 aliphatic rings. The lowest BCUT2D eigenvalue weighted by molar-refractivity contribution is -0.137. The van der Waals surface area contributed by atoms with Crippen molar-refractivity contribution in [2.24, 2.45) is 0 Å². The summed E-state index contributed by atoms with van der Waals surface area (Å²) in [5.74, 6) is -0.561. The van der Waals surface area contributed by atoms with Crippen LogP contribution in [0, 0.1) is 0 Å². The smallest absolute Gasteiger partial charge is 0.414 e. The molecule has 1 aromatic carbocycles. The van der Waals surface area contributed by atoms with Crippen LogP contribution in [-0.2, 0) is 25.7 Å². The molecule has 0 aromatic heterocycles. The third kappa shape index (κ3) is 6.69. The standard InChI is InChI=1S/C16H19NO5/c1-2-21-15(19)9-11-17(10-6-12-18)16(20)22-13-14-7-4-3-5-8-14/h3-5,7-9,11-12H,2,6,10,13H2,1H3/b11-9+. The Morgan fingerprint density at radius 3 is 2.55 bits per heavy atom. The van der Waals surface area contributed by atoms with Gasteiger partial charge < -0.3 is 14.3 Å². The maximum Gasteiger partial charge on any atom is 0.414 e. The molecule has 0 radical (unpaired) electrons. The molecule has 1 amide bonds. The number of carbonyl (C=O) groups excluding carboxylic acids is 3. The number of amides is 1. The van der Waals surface area contributed by atoms with Gasteiger partial charge in [0, 0.05) is 25.2 Å². The Kier molecular flexibility index (Phi) is 8.04. The van der Waals surface area contributed by atoms with Crippen LogP contribution in [-0.4, -0.2) is 36.4 Å². The summed E-state index contributed by atoms with van der Waals surface area (Å²) in [5.41, 5.74) is 0.848. The van der Waals surface area contributed by atoms with Crippen molar-refractivity contribution in [3.05, 3.63) is 48.2 Å². The van der Waals surface area contributed by atoms with Gasteiger partial charge in [0.1, 0.15) is 12.9 Å². The number of esters is 1. The molecular weight excluding hydrogens is 286 g/mol. The summed E-state index contributed by atoms with van der Waals surface area (Å²) in [6.07, 6.45) is 2.59. The average molecular weight is 305 g/mol. The molecule has 22 heavy (non-hydrogen) atoms. The Morgan fingerprint density at radius 1 is 1.18 bits per heavy atom. The number of carbonyl (C=O) groups is 3. The van der Waals surface area contributed by atoms with Gasteiger partial charge in [-0.15, -0.1) is 0 Å². The van der Waals surface area contributed by atoms with Gasteiger partial charge in [0.25, 0.3) is 0 Å². The number of rotatable bonds is 8. The first kappa shape index (κ1) is 17.4. The topological polar surface area (TPSA) is 72.9 Å². The van der Waals surface area contributed by atoms with Crippen molar-refractivity contribution in [1.82, 2.24) is 4.90 Å². The van der Waals surface area contributed by atoms with Gasteiger partial charge in [0.15, 0.2) is 0 Å². The van der Waals surface area contributed by atoms with Gasteiger partial charge >= 0.3 is 12.1 Å². The number of ether oxygens (including phenoxy) is 2. The molecule has 6 nitrogen and oxygen atoms in total. The molecule has 0 atom stereocenters. The molecule has 0 saturated carbocycles. The highest BCUT2D eigenvalue weighted by Crippen LogP contribution is 2.04. The minimum absolute atomic E-state index is 0.116. The van der Waals surface area contributed by atoms with E-state index in [4.69, 9.17) is 9.47 Å². The largest absolute Gasteiger partial charge is 0.463 e. The van der Waals surface area contributed by atoms with Gasteiger partial charge in [-0.2, -0.15) is 0 Å². The van der Waals surface area contributed by atoms with Crippen LogP contribution in [0.3, 0.4) is 0 Å². The molecule has 1 rings (SSSR count). The first-order valence-electron chi connectivity index (χ1n) is 6.93. The van der Waals surface area contributed by atoms with Crippen molar-refractivity contribution in [1.29, 1.82) is 0 Å². The third-order valence-corrected chi connectivity index (χ3v) is 2.60. The van der Waals surface area contributed by atoms with Gasteiger partial charge in [0.05, 0.1) is 6.61 Å². The SMILES string of the molecule is CCOC(=O)/C=C/N(CCC=O)C(=O)OCc1ccccc1. The van der Waals surface area contributed by atoms with Gasteiger partial charge in [-0.1, -0.05) is 30.3 Å². The van der Waals surface area contributed by atoms with E-state index in [0.29, 0.717) is 6.29 Å². The second-order valence-corrected chi connectivity index (χ2v) is 4.26. The van der Waals surface area contributed by atoms with Crippen molar-refractivity contribution in [2.45, 2.75) is 20.0 Å². The van der Waals surface area contributed by atoms with Crippen LogP contribution in [0.15, 0.2) is 42.6 Å². The Balaban J connectivity index is 2.59. The molecule has 0 aliphatic carbocycles. The summed E-state index contributed by atoms with van der Waals surface area (Å²) in [6, 6.07) is 9.21. The summed E-state index contributed by atoms with van der Waals surface area (Å²) in [4.78, 5) is 34.9. The van der Waals surface area contributed by atoms with Crippen molar-refractivity contribution in [3.8, 4) is 0 Å². The van der Waals surface area contributed by atoms with E-state index in [0.717, 1.165) is 16.5 Å². The summed E-state index contributed by atoms with van der Waals surface area (Å²) in [6.45, 7) is 2.18. The normalized spacial score (nSPS) is 10.2. The van der Waals surface area contributed by atoms with E-state index in [1.54, 1.807) is 6.92 Å². The summed E-state index contributed by atoms with van der Waals surface area (Å²) >= 11 is 0. The fraction of sp³-hybridized carbons (Fsp3) is 0.312. The Labute approximate surface area is 129 Å². The zero-order chi connectivity index (χ0) is 16.2. The average Bonchev–Trinajstić information content (AvgIpc) is 2.54. The van der Waals surface area contributed by atoms with Crippen molar-refractivity contribution in [2.75, 3.05) is 13.2 Å². The molecule has 0 bridgehead atoms. The molecule has 0 unspecified atom stereocenters. The summed E-state index contributed by atoms with van der Waals surface area (Å²) in [7, 11) is 0. The van der Waals surface area contributed by atoms with Crippen molar-refractivity contribution < 1.29 is 23.9 Å². The second kappa shape index (κ2) is 10.1. The van der Waals surface area contributed by atoms with E-state index in [1.807, 2.05) is 30.3 Å². The van der Waals surface area contributed by atoms with Crippen LogP contribution >= 0.6 is 0 Å². The van der Waals surface area contributed by atoms with Gasteiger partial charge in [-0.3, -0.25) is 4.90 Å². The van der Waals surface area contributed by atoms with E-state index in [9.17, 15) is 14.4 Å². The highest BCUT2D eigenvalue weighted by molar-refractivity contribution is 5.82. The van der Waals surface area contributed by atoms with Crippen LogP contribution in [0.2, 0.25) is 0 Å². The number of hydrogen-bond donors (Lipinski definition) is 0. The minimum atomic E-state index is -0.633. The molecule has 0 N–H and O–H groups in total. The van der Waals surface area contributed by atoms with Crippen LogP contribution in [0.25, 0.3) is 0 Å². The number of nitrogens with zero attached hydrogens (tertiary/aromatic N) is 1. The third-order valence-electron chi connectivity index (χ3n) is 2.60. The predicted octanol–water partition coefficient (Wildman–Crippen LogP) is 2.29. The molecule has 6 heteroatoms. The monoisotopic (exact) mass is 305 g/mol. The van der Waals surface area contributed by atoms with Crippen LogP contribution in [0.4, 0.5) is 4.79 Å². The lowest BCUT2D eigenvalue weighted by Crippen LogP contribution is -2.28. The lowest BCUT2D eigenvalue weighted by atomic mass is 10.2.